The highest BCUT2D eigenvalue weighted by atomic mass is 32.1. The van der Waals surface area contributed by atoms with Crippen molar-refractivity contribution in [2.75, 3.05) is 5.32 Å². The Bertz CT molecular complexity index is 1010. The number of urea groups is 1. The van der Waals surface area contributed by atoms with E-state index in [0.29, 0.717) is 12.2 Å². The Hall–Kier alpha value is -2.80. The molecule has 0 aliphatic heterocycles. The minimum absolute atomic E-state index is 0.0797. The lowest BCUT2D eigenvalue weighted by Gasteiger charge is -2.26. The minimum Gasteiger partial charge on any atom is -0.317 e. The van der Waals surface area contributed by atoms with Gasteiger partial charge in [-0.1, -0.05) is 29.8 Å². The van der Waals surface area contributed by atoms with Gasteiger partial charge in [-0.05, 0) is 62.7 Å². The maximum atomic E-state index is 12.8. The molecule has 0 saturated carbocycles. The number of aryl methyl sites for hydroxylation is 1. The van der Waals surface area contributed by atoms with Crippen LogP contribution in [-0.4, -0.2) is 17.0 Å². The quantitative estimate of drug-likeness (QED) is 0.455. The van der Waals surface area contributed by atoms with Crippen LogP contribution in [0.3, 0.4) is 0 Å². The van der Waals surface area contributed by atoms with E-state index in [9.17, 15) is 18.0 Å². The number of alkyl halides is 3. The van der Waals surface area contributed by atoms with Crippen LogP contribution in [-0.2, 0) is 12.7 Å². The minimum atomic E-state index is -4.40. The van der Waals surface area contributed by atoms with Gasteiger partial charge in [-0.3, -0.25) is 0 Å². The Morgan fingerprint density at radius 2 is 1.77 bits per heavy atom. The van der Waals surface area contributed by atoms with Crippen LogP contribution in [0, 0.1) is 6.92 Å². The molecule has 0 spiro atoms. The number of carbonyl (C=O) groups excluding carboxylic acids is 1. The summed E-state index contributed by atoms with van der Waals surface area (Å²) >= 11 is 1.62. The molecule has 0 aliphatic carbocycles. The second kappa shape index (κ2) is 8.92. The monoisotopic (exact) mass is 432 g/mol. The molecular formula is C23H23F3N2OS. The van der Waals surface area contributed by atoms with Crippen LogP contribution in [0.4, 0.5) is 23.7 Å². The molecule has 0 radical (unpaired) electrons. The van der Waals surface area contributed by atoms with Crippen molar-refractivity contribution in [3.8, 4) is 10.4 Å². The Balaban J connectivity index is 1.71. The Labute approximate surface area is 178 Å². The summed E-state index contributed by atoms with van der Waals surface area (Å²) in [5.74, 6) is 0. The summed E-state index contributed by atoms with van der Waals surface area (Å²) in [5, 5.41) is 2.69. The number of nitrogens with one attached hydrogen (secondary N) is 1. The Morgan fingerprint density at radius 3 is 2.37 bits per heavy atom. The number of thiophene rings is 1. The van der Waals surface area contributed by atoms with Crippen LogP contribution >= 0.6 is 11.3 Å². The number of carbonyl (C=O) groups is 1. The van der Waals surface area contributed by atoms with Gasteiger partial charge >= 0.3 is 12.2 Å². The number of hydrogen-bond acceptors (Lipinski definition) is 2. The van der Waals surface area contributed by atoms with Gasteiger partial charge in [-0.2, -0.15) is 13.2 Å². The average molecular weight is 433 g/mol. The fourth-order valence-corrected chi connectivity index (χ4v) is 4.01. The summed E-state index contributed by atoms with van der Waals surface area (Å²) in [7, 11) is 0. The second-order valence-electron chi connectivity index (χ2n) is 7.36. The summed E-state index contributed by atoms with van der Waals surface area (Å²) < 4.78 is 38.1. The van der Waals surface area contributed by atoms with Crippen molar-refractivity contribution in [3.63, 3.8) is 0 Å². The number of rotatable bonds is 5. The maximum Gasteiger partial charge on any atom is 0.416 e. The molecule has 3 aromatic rings. The third kappa shape index (κ3) is 5.42. The van der Waals surface area contributed by atoms with Gasteiger partial charge < -0.3 is 10.2 Å². The van der Waals surface area contributed by atoms with Gasteiger partial charge in [0.25, 0.3) is 0 Å². The molecule has 0 atom stereocenters. The van der Waals surface area contributed by atoms with E-state index in [0.717, 1.165) is 27.5 Å². The summed E-state index contributed by atoms with van der Waals surface area (Å²) in [6.45, 7) is 6.27. The molecule has 0 unspecified atom stereocenters. The highest BCUT2D eigenvalue weighted by Gasteiger charge is 2.30. The first-order valence-corrected chi connectivity index (χ1v) is 10.4. The van der Waals surface area contributed by atoms with Crippen molar-refractivity contribution >= 4 is 23.1 Å². The summed E-state index contributed by atoms with van der Waals surface area (Å²) in [6.07, 6.45) is -4.40. The average Bonchev–Trinajstić information content (AvgIpc) is 3.14. The fraction of sp³-hybridized carbons (Fsp3) is 0.261. The number of hydrogen-bond donors (Lipinski definition) is 1. The van der Waals surface area contributed by atoms with E-state index in [1.165, 1.54) is 17.7 Å². The molecule has 0 fully saturated rings. The number of amides is 2. The van der Waals surface area contributed by atoms with Crippen LogP contribution in [0.2, 0.25) is 0 Å². The molecule has 3 rings (SSSR count). The van der Waals surface area contributed by atoms with Crippen LogP contribution in [0.5, 0.6) is 0 Å². The Morgan fingerprint density at radius 1 is 1.07 bits per heavy atom. The van der Waals surface area contributed by atoms with Gasteiger partial charge in [0.1, 0.15) is 0 Å². The van der Waals surface area contributed by atoms with Crippen LogP contribution < -0.4 is 5.32 Å². The van der Waals surface area contributed by atoms with Gasteiger partial charge in [-0.15, -0.1) is 11.3 Å². The van der Waals surface area contributed by atoms with Crippen molar-refractivity contribution in [2.24, 2.45) is 0 Å². The largest absolute Gasteiger partial charge is 0.416 e. The molecule has 30 heavy (non-hydrogen) atoms. The molecule has 2 aromatic carbocycles. The molecule has 0 bridgehead atoms. The van der Waals surface area contributed by atoms with Gasteiger partial charge in [-0.25, -0.2) is 4.79 Å². The van der Waals surface area contributed by atoms with Crippen LogP contribution in [0.1, 0.15) is 29.9 Å². The SMILES string of the molecule is Cc1cccc(-c2ccc(CN(C(=O)Nc3ccc(C(F)(F)F)cc3)C(C)C)s2)c1. The lowest BCUT2D eigenvalue weighted by molar-refractivity contribution is -0.137. The molecule has 158 valence electrons. The number of benzene rings is 2. The molecule has 1 heterocycles. The number of nitrogens with zero attached hydrogens (tertiary/aromatic N) is 1. The van der Waals surface area contributed by atoms with E-state index >= 15 is 0 Å². The molecule has 3 nitrogen and oxygen atoms in total. The maximum absolute atomic E-state index is 12.8. The van der Waals surface area contributed by atoms with E-state index in [1.54, 1.807) is 16.2 Å². The van der Waals surface area contributed by atoms with Crippen molar-refractivity contribution in [1.82, 2.24) is 4.90 Å². The lowest BCUT2D eigenvalue weighted by Crippen LogP contribution is -2.39. The van der Waals surface area contributed by atoms with E-state index in [4.69, 9.17) is 0 Å². The fourth-order valence-electron chi connectivity index (χ4n) is 3.01. The predicted octanol–water partition coefficient (Wildman–Crippen LogP) is 7.18. The molecule has 1 aromatic heterocycles. The number of halogens is 3. The van der Waals surface area contributed by atoms with Crippen molar-refractivity contribution in [3.05, 3.63) is 76.7 Å². The Kier molecular flexibility index (Phi) is 6.51. The second-order valence-corrected chi connectivity index (χ2v) is 8.53. The zero-order chi connectivity index (χ0) is 21.9. The molecule has 0 aliphatic rings. The standard InChI is InChI=1S/C23H23F3N2OS/c1-15(2)28(22(29)27-19-9-7-18(8-10-19)23(24,25)26)14-20-11-12-21(30-20)17-6-4-5-16(3)13-17/h4-13,15H,14H2,1-3H3,(H,27,29). The molecule has 0 saturated heterocycles. The smallest absolute Gasteiger partial charge is 0.317 e. The molecule has 7 heteroatoms. The van der Waals surface area contributed by atoms with Crippen molar-refractivity contribution in [2.45, 2.75) is 39.5 Å². The van der Waals surface area contributed by atoms with E-state index in [2.05, 4.69) is 17.4 Å². The zero-order valence-electron chi connectivity index (χ0n) is 17.0. The summed E-state index contributed by atoms with van der Waals surface area (Å²) in [6, 6.07) is 16.3. The molecule has 2 amide bonds. The lowest BCUT2D eigenvalue weighted by atomic mass is 10.1. The first kappa shape index (κ1) is 21.9. The molecular weight excluding hydrogens is 409 g/mol. The van der Waals surface area contributed by atoms with Crippen LogP contribution in [0.15, 0.2) is 60.7 Å². The first-order chi connectivity index (χ1) is 14.1. The first-order valence-electron chi connectivity index (χ1n) is 9.54. The number of anilines is 1. The highest BCUT2D eigenvalue weighted by Crippen LogP contribution is 2.31. The zero-order valence-corrected chi connectivity index (χ0v) is 17.8. The van der Waals surface area contributed by atoms with Gasteiger partial charge in [0, 0.05) is 21.5 Å². The highest BCUT2D eigenvalue weighted by molar-refractivity contribution is 7.15. The summed E-state index contributed by atoms with van der Waals surface area (Å²) in [5.41, 5.74) is 1.90. The predicted molar refractivity (Wildman–Crippen MR) is 116 cm³/mol. The van der Waals surface area contributed by atoms with Gasteiger partial charge in [0.05, 0.1) is 12.1 Å². The third-order valence-corrected chi connectivity index (χ3v) is 5.76. The summed E-state index contributed by atoms with van der Waals surface area (Å²) in [4.78, 5) is 16.6. The van der Waals surface area contributed by atoms with E-state index in [1.807, 2.05) is 45.0 Å². The van der Waals surface area contributed by atoms with E-state index in [-0.39, 0.29) is 12.1 Å². The van der Waals surface area contributed by atoms with Gasteiger partial charge in [0.15, 0.2) is 0 Å². The van der Waals surface area contributed by atoms with Crippen LogP contribution in [0.25, 0.3) is 10.4 Å². The van der Waals surface area contributed by atoms with Crippen molar-refractivity contribution < 1.29 is 18.0 Å². The van der Waals surface area contributed by atoms with Crippen molar-refractivity contribution in [1.29, 1.82) is 0 Å². The third-order valence-electron chi connectivity index (χ3n) is 4.64. The topological polar surface area (TPSA) is 32.3 Å². The normalized spacial score (nSPS) is 11.6. The van der Waals surface area contributed by atoms with E-state index < -0.39 is 11.7 Å². The molecule has 1 N–H and O–H groups in total. The van der Waals surface area contributed by atoms with Gasteiger partial charge in [0.2, 0.25) is 0 Å².